The van der Waals surface area contributed by atoms with Gasteiger partial charge >= 0.3 is 0 Å². The van der Waals surface area contributed by atoms with Crippen LogP contribution in [-0.4, -0.2) is 12.6 Å². The van der Waals surface area contributed by atoms with Gasteiger partial charge in [-0.1, -0.05) is 17.7 Å². The van der Waals surface area contributed by atoms with Crippen molar-refractivity contribution in [1.82, 2.24) is 5.32 Å². The molecule has 1 atom stereocenters. The third-order valence-corrected chi connectivity index (χ3v) is 2.60. The number of nitrogens with one attached hydrogen (secondary N) is 1. The second kappa shape index (κ2) is 4.47. The minimum absolute atomic E-state index is 0.0596. The summed E-state index contributed by atoms with van der Waals surface area (Å²) in [5.74, 6) is -0.412. The first kappa shape index (κ1) is 12.4. The zero-order valence-electron chi connectivity index (χ0n) is 9.14. The van der Waals surface area contributed by atoms with E-state index in [-0.39, 0.29) is 11.1 Å². The molecule has 0 aliphatic rings. The Kier molecular flexibility index (Phi) is 3.71. The zero-order valence-corrected chi connectivity index (χ0v) is 9.90. The number of rotatable bonds is 3. The largest absolute Gasteiger partial charge is 0.324 e. The number of halogens is 2. The number of hydrogen-bond acceptors (Lipinski definition) is 2. The Morgan fingerprint density at radius 3 is 2.47 bits per heavy atom. The summed E-state index contributed by atoms with van der Waals surface area (Å²) in [6, 6.07) is 4.59. The zero-order chi connectivity index (χ0) is 11.6. The normalized spacial score (nSPS) is 14.0. The van der Waals surface area contributed by atoms with Crippen molar-refractivity contribution in [2.45, 2.75) is 25.4 Å². The quantitative estimate of drug-likeness (QED) is 0.837. The molecule has 1 aromatic rings. The predicted octanol–water partition coefficient (Wildman–Crippen LogP) is 2.48. The van der Waals surface area contributed by atoms with E-state index in [1.165, 1.54) is 6.07 Å². The second-order valence-corrected chi connectivity index (χ2v) is 4.62. The van der Waals surface area contributed by atoms with E-state index in [1.807, 2.05) is 20.9 Å². The van der Waals surface area contributed by atoms with Gasteiger partial charge in [-0.3, -0.25) is 0 Å². The standard InChI is InChI=1S/C11H16ClFN2/c1-11(2,14)10(15-3)7-4-5-9(13)8(12)6-7/h4-6,10,15H,14H2,1-3H3. The van der Waals surface area contributed by atoms with Crippen molar-refractivity contribution in [1.29, 1.82) is 0 Å². The average Bonchev–Trinajstić information content (AvgIpc) is 2.10. The molecule has 1 unspecified atom stereocenters. The summed E-state index contributed by atoms with van der Waals surface area (Å²) in [7, 11) is 1.82. The molecule has 0 bridgehead atoms. The lowest BCUT2D eigenvalue weighted by Gasteiger charge is -2.30. The second-order valence-electron chi connectivity index (χ2n) is 4.22. The van der Waals surface area contributed by atoms with Crippen LogP contribution in [0, 0.1) is 5.82 Å². The van der Waals surface area contributed by atoms with Crippen LogP contribution in [0.4, 0.5) is 4.39 Å². The van der Waals surface area contributed by atoms with Crippen LogP contribution in [0.3, 0.4) is 0 Å². The molecule has 84 valence electrons. The highest BCUT2D eigenvalue weighted by Gasteiger charge is 2.25. The van der Waals surface area contributed by atoms with Crippen LogP contribution in [0.25, 0.3) is 0 Å². The van der Waals surface area contributed by atoms with Crippen LogP contribution in [0.1, 0.15) is 25.5 Å². The Hall–Kier alpha value is -0.640. The lowest BCUT2D eigenvalue weighted by atomic mass is 9.90. The van der Waals surface area contributed by atoms with E-state index in [0.717, 1.165) is 5.56 Å². The summed E-state index contributed by atoms with van der Waals surface area (Å²) in [6.07, 6.45) is 0. The minimum atomic E-state index is -0.435. The smallest absolute Gasteiger partial charge is 0.141 e. The Labute approximate surface area is 94.6 Å². The average molecular weight is 231 g/mol. The summed E-state index contributed by atoms with van der Waals surface area (Å²) in [4.78, 5) is 0. The van der Waals surface area contributed by atoms with Crippen molar-refractivity contribution in [2.75, 3.05) is 7.05 Å². The Balaban J connectivity index is 3.08. The summed E-state index contributed by atoms with van der Waals surface area (Å²) >= 11 is 5.72. The monoisotopic (exact) mass is 230 g/mol. The summed E-state index contributed by atoms with van der Waals surface area (Å²) < 4.78 is 13.0. The van der Waals surface area contributed by atoms with Crippen LogP contribution >= 0.6 is 11.6 Å². The van der Waals surface area contributed by atoms with Crippen LogP contribution in [0.2, 0.25) is 5.02 Å². The van der Waals surface area contributed by atoms with Crippen molar-refractivity contribution in [3.63, 3.8) is 0 Å². The molecule has 15 heavy (non-hydrogen) atoms. The van der Waals surface area contributed by atoms with E-state index >= 15 is 0 Å². The van der Waals surface area contributed by atoms with Gasteiger partial charge in [0.05, 0.1) is 5.02 Å². The molecule has 3 N–H and O–H groups in total. The molecule has 4 heteroatoms. The van der Waals surface area contributed by atoms with Gasteiger partial charge in [0.15, 0.2) is 0 Å². The summed E-state index contributed by atoms with van der Waals surface area (Å²) in [5, 5.41) is 3.22. The highest BCUT2D eigenvalue weighted by Crippen LogP contribution is 2.26. The van der Waals surface area contributed by atoms with E-state index < -0.39 is 11.4 Å². The van der Waals surface area contributed by atoms with Gasteiger partial charge in [0.1, 0.15) is 5.82 Å². The van der Waals surface area contributed by atoms with Crippen molar-refractivity contribution >= 4 is 11.6 Å². The van der Waals surface area contributed by atoms with E-state index in [9.17, 15) is 4.39 Å². The summed E-state index contributed by atoms with van der Waals surface area (Å²) in [5.41, 5.74) is 6.46. The van der Waals surface area contributed by atoms with E-state index in [2.05, 4.69) is 5.32 Å². The molecular weight excluding hydrogens is 215 g/mol. The number of benzene rings is 1. The molecule has 0 fully saturated rings. The van der Waals surface area contributed by atoms with Gasteiger partial charge in [-0.05, 0) is 38.6 Å². The summed E-state index contributed by atoms with van der Waals surface area (Å²) in [6.45, 7) is 3.82. The first-order valence-corrected chi connectivity index (χ1v) is 5.15. The van der Waals surface area contributed by atoms with Gasteiger partial charge in [-0.15, -0.1) is 0 Å². The van der Waals surface area contributed by atoms with Gasteiger partial charge < -0.3 is 11.1 Å². The van der Waals surface area contributed by atoms with Gasteiger partial charge in [0, 0.05) is 11.6 Å². The van der Waals surface area contributed by atoms with Crippen molar-refractivity contribution in [3.05, 3.63) is 34.6 Å². The van der Waals surface area contributed by atoms with Crippen molar-refractivity contribution in [2.24, 2.45) is 5.73 Å². The maximum Gasteiger partial charge on any atom is 0.141 e. The lowest BCUT2D eigenvalue weighted by Crippen LogP contribution is -2.45. The molecule has 2 nitrogen and oxygen atoms in total. The molecule has 0 saturated carbocycles. The van der Waals surface area contributed by atoms with Crippen LogP contribution in [0.5, 0.6) is 0 Å². The molecular formula is C11H16ClFN2. The molecule has 0 aromatic heterocycles. The highest BCUT2D eigenvalue weighted by atomic mass is 35.5. The number of hydrogen-bond donors (Lipinski definition) is 2. The van der Waals surface area contributed by atoms with Crippen molar-refractivity contribution < 1.29 is 4.39 Å². The van der Waals surface area contributed by atoms with Crippen LogP contribution < -0.4 is 11.1 Å². The molecule has 0 aliphatic carbocycles. The fourth-order valence-corrected chi connectivity index (χ4v) is 1.85. The SMILES string of the molecule is CNC(c1ccc(F)c(Cl)c1)C(C)(C)N. The van der Waals surface area contributed by atoms with Gasteiger partial charge in [-0.2, -0.15) is 0 Å². The molecule has 0 saturated heterocycles. The Morgan fingerprint density at radius 2 is 2.07 bits per heavy atom. The molecule has 0 amide bonds. The molecule has 0 heterocycles. The molecule has 1 rings (SSSR count). The van der Waals surface area contributed by atoms with Crippen molar-refractivity contribution in [3.8, 4) is 0 Å². The third kappa shape index (κ3) is 2.91. The predicted molar refractivity (Wildman–Crippen MR) is 61.5 cm³/mol. The fraction of sp³-hybridized carbons (Fsp3) is 0.455. The minimum Gasteiger partial charge on any atom is -0.324 e. The van der Waals surface area contributed by atoms with E-state index in [1.54, 1.807) is 12.1 Å². The van der Waals surface area contributed by atoms with Crippen LogP contribution in [-0.2, 0) is 0 Å². The maximum atomic E-state index is 13.0. The topological polar surface area (TPSA) is 38.0 Å². The molecule has 0 radical (unpaired) electrons. The maximum absolute atomic E-state index is 13.0. The highest BCUT2D eigenvalue weighted by molar-refractivity contribution is 6.30. The fourth-order valence-electron chi connectivity index (χ4n) is 1.66. The molecule has 0 spiro atoms. The van der Waals surface area contributed by atoms with E-state index in [0.29, 0.717) is 0 Å². The Bertz CT molecular complexity index is 347. The number of likely N-dealkylation sites (N-methyl/N-ethyl adjacent to an activating group) is 1. The van der Waals surface area contributed by atoms with Gasteiger partial charge in [-0.25, -0.2) is 4.39 Å². The lowest BCUT2D eigenvalue weighted by molar-refractivity contribution is 0.370. The first-order valence-electron chi connectivity index (χ1n) is 4.77. The third-order valence-electron chi connectivity index (χ3n) is 2.31. The van der Waals surface area contributed by atoms with E-state index in [4.69, 9.17) is 17.3 Å². The van der Waals surface area contributed by atoms with Gasteiger partial charge in [0.25, 0.3) is 0 Å². The Morgan fingerprint density at radius 1 is 1.47 bits per heavy atom. The number of nitrogens with two attached hydrogens (primary N) is 1. The molecule has 1 aromatic carbocycles. The van der Waals surface area contributed by atoms with Crippen LogP contribution in [0.15, 0.2) is 18.2 Å². The first-order chi connectivity index (χ1) is 6.86. The van der Waals surface area contributed by atoms with Gasteiger partial charge in [0.2, 0.25) is 0 Å². The molecule has 0 aliphatic heterocycles.